The quantitative estimate of drug-likeness (QED) is 0.738. The van der Waals surface area contributed by atoms with Gasteiger partial charge in [0.1, 0.15) is 5.82 Å². The summed E-state index contributed by atoms with van der Waals surface area (Å²) in [4.78, 5) is -0.0412. The second-order valence-electron chi connectivity index (χ2n) is 3.91. The van der Waals surface area contributed by atoms with E-state index in [0.29, 0.717) is 8.95 Å². The molecule has 0 aliphatic heterocycles. The van der Waals surface area contributed by atoms with Crippen LogP contribution in [-0.2, 0) is 10.0 Å². The van der Waals surface area contributed by atoms with Crippen LogP contribution < -0.4 is 10.5 Å². The molecule has 106 valence electrons. The molecule has 0 heterocycles. The molecule has 0 atom stereocenters. The van der Waals surface area contributed by atoms with Gasteiger partial charge in [0.05, 0.1) is 10.6 Å². The van der Waals surface area contributed by atoms with Crippen molar-refractivity contribution in [2.45, 2.75) is 4.90 Å². The van der Waals surface area contributed by atoms with Gasteiger partial charge < -0.3 is 5.73 Å². The summed E-state index contributed by atoms with van der Waals surface area (Å²) in [5.74, 6) is -0.673. The summed E-state index contributed by atoms with van der Waals surface area (Å²) >= 11 is 6.28. The molecular weight excluding hydrogens is 415 g/mol. The first-order valence-corrected chi connectivity index (χ1v) is 8.39. The minimum atomic E-state index is -3.89. The molecule has 0 saturated heterocycles. The van der Waals surface area contributed by atoms with E-state index in [4.69, 9.17) is 5.73 Å². The Morgan fingerprint density at radius 3 is 2.40 bits per heavy atom. The Balaban J connectivity index is 2.38. The second kappa shape index (κ2) is 5.71. The number of nitrogens with two attached hydrogens (primary N) is 1. The minimum absolute atomic E-state index is 0.0412. The lowest BCUT2D eigenvalue weighted by molar-refractivity contribution is 0.598. The minimum Gasteiger partial charge on any atom is -0.398 e. The Morgan fingerprint density at radius 2 is 1.80 bits per heavy atom. The molecule has 0 spiro atoms. The number of hydrogen-bond donors (Lipinski definition) is 2. The topological polar surface area (TPSA) is 72.2 Å². The predicted octanol–water partition coefficient (Wildman–Crippen LogP) is 3.73. The molecule has 8 heteroatoms. The summed E-state index contributed by atoms with van der Waals surface area (Å²) in [6, 6.07) is 8.23. The van der Waals surface area contributed by atoms with E-state index < -0.39 is 15.8 Å². The van der Waals surface area contributed by atoms with Gasteiger partial charge in [0.15, 0.2) is 0 Å². The van der Waals surface area contributed by atoms with Crippen LogP contribution in [0.4, 0.5) is 15.8 Å². The third-order valence-electron chi connectivity index (χ3n) is 2.45. The lowest BCUT2D eigenvalue weighted by Crippen LogP contribution is -2.14. The zero-order valence-corrected chi connectivity index (χ0v) is 13.9. The number of benzene rings is 2. The molecule has 4 nitrogen and oxygen atoms in total. The first-order valence-electron chi connectivity index (χ1n) is 5.32. The molecule has 20 heavy (non-hydrogen) atoms. The van der Waals surface area contributed by atoms with E-state index in [2.05, 4.69) is 36.6 Å². The van der Waals surface area contributed by atoms with E-state index in [-0.39, 0.29) is 16.3 Å². The van der Waals surface area contributed by atoms with E-state index in [1.165, 1.54) is 36.4 Å². The molecule has 0 fully saturated rings. The number of rotatable bonds is 3. The molecule has 0 aromatic heterocycles. The van der Waals surface area contributed by atoms with Crippen molar-refractivity contribution in [2.24, 2.45) is 0 Å². The Labute approximate surface area is 132 Å². The van der Waals surface area contributed by atoms with E-state index in [1.54, 1.807) is 0 Å². The van der Waals surface area contributed by atoms with Crippen LogP contribution in [0.1, 0.15) is 0 Å². The zero-order valence-electron chi connectivity index (χ0n) is 9.90. The second-order valence-corrected chi connectivity index (χ2v) is 7.37. The summed E-state index contributed by atoms with van der Waals surface area (Å²) in [6.07, 6.45) is 0. The smallest absolute Gasteiger partial charge is 0.262 e. The summed E-state index contributed by atoms with van der Waals surface area (Å²) < 4.78 is 41.2. The number of anilines is 2. The number of halogens is 3. The van der Waals surface area contributed by atoms with Gasteiger partial charge in [-0.3, -0.25) is 4.72 Å². The van der Waals surface area contributed by atoms with Gasteiger partial charge >= 0.3 is 0 Å². The Kier molecular flexibility index (Phi) is 4.36. The maximum Gasteiger partial charge on any atom is 0.262 e. The molecule has 0 saturated carbocycles. The molecule has 0 aliphatic carbocycles. The molecule has 2 aromatic carbocycles. The van der Waals surface area contributed by atoms with Crippen molar-refractivity contribution >= 4 is 53.3 Å². The van der Waals surface area contributed by atoms with Crippen molar-refractivity contribution in [3.63, 3.8) is 0 Å². The lowest BCUT2D eigenvalue weighted by atomic mass is 10.3. The Morgan fingerprint density at radius 1 is 1.10 bits per heavy atom. The molecule has 2 aromatic rings. The van der Waals surface area contributed by atoms with Crippen molar-refractivity contribution in [3.8, 4) is 0 Å². The van der Waals surface area contributed by atoms with Gasteiger partial charge in [0.2, 0.25) is 0 Å². The number of hydrogen-bond acceptors (Lipinski definition) is 3. The third kappa shape index (κ3) is 3.31. The highest BCUT2D eigenvalue weighted by Gasteiger charge is 2.17. The maximum atomic E-state index is 13.7. The normalized spacial score (nSPS) is 11.3. The van der Waals surface area contributed by atoms with Crippen LogP contribution in [0.3, 0.4) is 0 Å². The fraction of sp³-hybridized carbons (Fsp3) is 0. The average molecular weight is 424 g/mol. The van der Waals surface area contributed by atoms with Crippen molar-refractivity contribution in [1.82, 2.24) is 0 Å². The molecule has 2 rings (SSSR count). The fourth-order valence-electron chi connectivity index (χ4n) is 1.46. The maximum absolute atomic E-state index is 13.7. The van der Waals surface area contributed by atoms with Crippen LogP contribution in [0.2, 0.25) is 0 Å². The van der Waals surface area contributed by atoms with E-state index >= 15 is 0 Å². The summed E-state index contributed by atoms with van der Waals surface area (Å²) in [7, 11) is -3.89. The zero-order chi connectivity index (χ0) is 14.9. The van der Waals surface area contributed by atoms with E-state index in [0.717, 1.165) is 0 Å². The highest BCUT2D eigenvalue weighted by Crippen LogP contribution is 2.26. The van der Waals surface area contributed by atoms with Crippen LogP contribution in [0.25, 0.3) is 0 Å². The van der Waals surface area contributed by atoms with Crippen LogP contribution in [0.15, 0.2) is 50.2 Å². The predicted molar refractivity (Wildman–Crippen MR) is 83.5 cm³/mol. The van der Waals surface area contributed by atoms with Gasteiger partial charge in [-0.2, -0.15) is 0 Å². The first kappa shape index (κ1) is 15.3. The monoisotopic (exact) mass is 422 g/mol. The number of sulfonamides is 1. The van der Waals surface area contributed by atoms with Crippen molar-refractivity contribution in [2.75, 3.05) is 10.5 Å². The van der Waals surface area contributed by atoms with Gasteiger partial charge in [-0.25, -0.2) is 12.8 Å². The fourth-order valence-corrected chi connectivity index (χ4v) is 3.15. The SMILES string of the molecule is Nc1cc(S(=O)(=O)Nc2ccc(Br)cc2F)ccc1Br. The molecule has 0 radical (unpaired) electrons. The van der Waals surface area contributed by atoms with E-state index in [1.807, 2.05) is 0 Å². The summed E-state index contributed by atoms with van der Waals surface area (Å²) in [5, 5.41) is 0. The van der Waals surface area contributed by atoms with Gasteiger partial charge in [0, 0.05) is 14.6 Å². The Bertz CT molecular complexity index is 766. The van der Waals surface area contributed by atoms with Gasteiger partial charge in [-0.05, 0) is 52.3 Å². The third-order valence-corrected chi connectivity index (χ3v) is 5.03. The van der Waals surface area contributed by atoms with Crippen LogP contribution >= 0.6 is 31.9 Å². The molecular formula is C12H9Br2FN2O2S. The van der Waals surface area contributed by atoms with Crippen molar-refractivity contribution in [1.29, 1.82) is 0 Å². The molecule has 0 bridgehead atoms. The van der Waals surface area contributed by atoms with Crippen LogP contribution in [0.5, 0.6) is 0 Å². The first-order chi connectivity index (χ1) is 9.29. The van der Waals surface area contributed by atoms with Crippen molar-refractivity contribution in [3.05, 3.63) is 51.2 Å². The largest absolute Gasteiger partial charge is 0.398 e. The van der Waals surface area contributed by atoms with Crippen molar-refractivity contribution < 1.29 is 12.8 Å². The summed E-state index contributed by atoms with van der Waals surface area (Å²) in [5.41, 5.74) is 5.79. The molecule has 0 amide bonds. The van der Waals surface area contributed by atoms with Crippen LogP contribution in [-0.4, -0.2) is 8.42 Å². The van der Waals surface area contributed by atoms with Gasteiger partial charge in [-0.1, -0.05) is 15.9 Å². The highest BCUT2D eigenvalue weighted by atomic mass is 79.9. The number of nitrogens with one attached hydrogen (secondary N) is 1. The van der Waals surface area contributed by atoms with Gasteiger partial charge in [-0.15, -0.1) is 0 Å². The Hall–Kier alpha value is -1.12. The molecule has 0 aliphatic rings. The molecule has 3 N–H and O–H groups in total. The lowest BCUT2D eigenvalue weighted by Gasteiger charge is -2.10. The molecule has 0 unspecified atom stereocenters. The van der Waals surface area contributed by atoms with E-state index in [9.17, 15) is 12.8 Å². The standard InChI is InChI=1S/C12H9Br2FN2O2S/c13-7-1-4-12(10(15)5-7)17-20(18,19)8-2-3-9(14)11(16)6-8/h1-6,17H,16H2. The van der Waals surface area contributed by atoms with Crippen LogP contribution in [0, 0.1) is 5.82 Å². The summed E-state index contributed by atoms with van der Waals surface area (Å²) in [6.45, 7) is 0. The van der Waals surface area contributed by atoms with Gasteiger partial charge in [0.25, 0.3) is 10.0 Å². The number of nitrogen functional groups attached to an aromatic ring is 1. The average Bonchev–Trinajstić information content (AvgIpc) is 2.36. The highest BCUT2D eigenvalue weighted by molar-refractivity contribution is 9.10.